The summed E-state index contributed by atoms with van der Waals surface area (Å²) in [6.45, 7) is 0.722. The van der Waals surface area contributed by atoms with Crippen molar-refractivity contribution in [3.8, 4) is 0 Å². The van der Waals surface area contributed by atoms with Gasteiger partial charge in [-0.1, -0.05) is 0 Å². The Balaban J connectivity index is 0. The minimum atomic E-state index is 0. The molecular formula is C5H12Br2N4S. The van der Waals surface area contributed by atoms with Crippen molar-refractivity contribution < 1.29 is 0 Å². The summed E-state index contributed by atoms with van der Waals surface area (Å²) in [6, 6.07) is 0. The van der Waals surface area contributed by atoms with Crippen LogP contribution in [-0.4, -0.2) is 27.1 Å². The molecule has 1 rings (SSSR count). The van der Waals surface area contributed by atoms with Crippen molar-refractivity contribution in [2.75, 3.05) is 12.3 Å². The molecule has 0 radical (unpaired) electrons. The molecule has 1 heterocycles. The molecule has 1 aromatic heterocycles. The Morgan fingerprint density at radius 3 is 2.67 bits per heavy atom. The Bertz CT molecular complexity index is 170. The fourth-order valence-corrected chi connectivity index (χ4v) is 1.16. The fourth-order valence-electron chi connectivity index (χ4n) is 0.541. The van der Waals surface area contributed by atoms with E-state index in [0.29, 0.717) is 0 Å². The van der Waals surface area contributed by atoms with Crippen LogP contribution < -0.4 is 5.73 Å². The van der Waals surface area contributed by atoms with Gasteiger partial charge in [0.15, 0.2) is 0 Å². The van der Waals surface area contributed by atoms with E-state index in [-0.39, 0.29) is 34.0 Å². The third-order valence-corrected chi connectivity index (χ3v) is 1.92. The Hall–Kier alpha value is 0.410. The highest BCUT2D eigenvalue weighted by molar-refractivity contribution is 8.93. The SMILES string of the molecule is Br.Br.NCCSCn1cncn1. The van der Waals surface area contributed by atoms with Gasteiger partial charge >= 0.3 is 0 Å². The predicted molar refractivity (Wildman–Crippen MR) is 62.2 cm³/mol. The molecular weight excluding hydrogens is 308 g/mol. The van der Waals surface area contributed by atoms with E-state index >= 15 is 0 Å². The summed E-state index contributed by atoms with van der Waals surface area (Å²) in [5.74, 6) is 1.82. The second kappa shape index (κ2) is 9.50. The van der Waals surface area contributed by atoms with Gasteiger partial charge in [0.05, 0.1) is 5.88 Å². The lowest BCUT2D eigenvalue weighted by Crippen LogP contribution is -2.03. The number of aromatic nitrogens is 3. The van der Waals surface area contributed by atoms with E-state index < -0.39 is 0 Å². The standard InChI is InChI=1S/C5H10N4S.2BrH/c6-1-2-10-5-9-4-7-3-8-9;;/h3-4H,1-2,5-6H2;2*1H. The first-order valence-corrected chi connectivity index (χ1v) is 4.19. The highest BCUT2D eigenvalue weighted by Gasteiger charge is 1.88. The number of hydrogen-bond acceptors (Lipinski definition) is 4. The summed E-state index contributed by atoms with van der Waals surface area (Å²) in [5.41, 5.74) is 5.30. The van der Waals surface area contributed by atoms with E-state index in [1.807, 2.05) is 0 Å². The van der Waals surface area contributed by atoms with Crippen molar-refractivity contribution in [1.29, 1.82) is 0 Å². The number of nitrogens with two attached hydrogens (primary N) is 1. The molecule has 0 atom stereocenters. The second-order valence-corrected chi connectivity index (χ2v) is 2.84. The lowest BCUT2D eigenvalue weighted by molar-refractivity contribution is 0.748. The van der Waals surface area contributed by atoms with E-state index in [1.165, 1.54) is 6.33 Å². The van der Waals surface area contributed by atoms with Crippen LogP contribution in [0.5, 0.6) is 0 Å². The molecule has 0 aliphatic carbocycles. The van der Waals surface area contributed by atoms with Crippen molar-refractivity contribution >= 4 is 45.7 Å². The predicted octanol–water partition coefficient (Wildman–Crippen LogP) is 1.08. The third kappa shape index (κ3) is 5.99. The molecule has 1 aromatic rings. The molecule has 0 spiro atoms. The van der Waals surface area contributed by atoms with Crippen molar-refractivity contribution in [2.24, 2.45) is 5.73 Å². The van der Waals surface area contributed by atoms with Gasteiger partial charge in [-0.15, -0.1) is 45.7 Å². The van der Waals surface area contributed by atoms with Crippen molar-refractivity contribution in [3.63, 3.8) is 0 Å². The van der Waals surface area contributed by atoms with Gasteiger partial charge in [-0.3, -0.25) is 0 Å². The first-order chi connectivity index (χ1) is 4.93. The van der Waals surface area contributed by atoms with Crippen LogP contribution in [0.15, 0.2) is 12.7 Å². The molecule has 12 heavy (non-hydrogen) atoms. The van der Waals surface area contributed by atoms with E-state index in [2.05, 4.69) is 10.1 Å². The molecule has 0 aliphatic rings. The Kier molecular flexibility index (Phi) is 11.8. The molecule has 0 unspecified atom stereocenters. The highest BCUT2D eigenvalue weighted by atomic mass is 79.9. The number of hydrogen-bond donors (Lipinski definition) is 1. The first kappa shape index (κ1) is 14.9. The molecule has 0 aliphatic heterocycles. The average Bonchev–Trinajstić information content (AvgIpc) is 2.41. The third-order valence-electron chi connectivity index (χ3n) is 0.952. The van der Waals surface area contributed by atoms with Gasteiger partial charge in [0.1, 0.15) is 12.7 Å². The molecule has 0 saturated heterocycles. The van der Waals surface area contributed by atoms with Crippen LogP contribution in [0.4, 0.5) is 0 Å². The molecule has 0 aromatic carbocycles. The zero-order chi connectivity index (χ0) is 7.23. The van der Waals surface area contributed by atoms with Gasteiger partial charge < -0.3 is 5.73 Å². The lowest BCUT2D eigenvalue weighted by atomic mass is 10.8. The zero-order valence-corrected chi connectivity index (χ0v) is 10.7. The molecule has 4 nitrogen and oxygen atoms in total. The van der Waals surface area contributed by atoms with Crippen LogP contribution >= 0.6 is 45.7 Å². The summed E-state index contributed by atoms with van der Waals surface area (Å²) < 4.78 is 1.78. The second-order valence-electron chi connectivity index (χ2n) is 1.76. The Morgan fingerprint density at radius 1 is 1.42 bits per heavy atom. The maximum Gasteiger partial charge on any atom is 0.137 e. The Labute approximate surface area is 96.8 Å². The van der Waals surface area contributed by atoms with E-state index in [1.54, 1.807) is 22.8 Å². The molecule has 0 amide bonds. The van der Waals surface area contributed by atoms with E-state index in [0.717, 1.165) is 18.2 Å². The van der Waals surface area contributed by atoms with Gasteiger partial charge in [0.25, 0.3) is 0 Å². The van der Waals surface area contributed by atoms with Crippen LogP contribution in [0.1, 0.15) is 0 Å². The molecule has 0 saturated carbocycles. The summed E-state index contributed by atoms with van der Waals surface area (Å²) in [5, 5.41) is 3.93. The van der Waals surface area contributed by atoms with E-state index in [4.69, 9.17) is 5.73 Å². The molecule has 7 heteroatoms. The van der Waals surface area contributed by atoms with Gasteiger partial charge in [0.2, 0.25) is 0 Å². The van der Waals surface area contributed by atoms with Gasteiger partial charge in [-0.25, -0.2) is 9.67 Å². The largest absolute Gasteiger partial charge is 0.330 e. The van der Waals surface area contributed by atoms with Crippen LogP contribution in [0.2, 0.25) is 0 Å². The minimum absolute atomic E-state index is 0. The summed E-state index contributed by atoms with van der Waals surface area (Å²) >= 11 is 1.75. The lowest BCUT2D eigenvalue weighted by Gasteiger charge is -1.96. The topological polar surface area (TPSA) is 56.7 Å². The van der Waals surface area contributed by atoms with E-state index in [9.17, 15) is 0 Å². The first-order valence-electron chi connectivity index (χ1n) is 3.03. The van der Waals surface area contributed by atoms with Crippen LogP contribution in [0.3, 0.4) is 0 Å². The molecule has 2 N–H and O–H groups in total. The quantitative estimate of drug-likeness (QED) is 0.844. The minimum Gasteiger partial charge on any atom is -0.330 e. The average molecular weight is 320 g/mol. The van der Waals surface area contributed by atoms with Crippen LogP contribution in [0, 0.1) is 0 Å². The maximum atomic E-state index is 5.30. The molecule has 0 bridgehead atoms. The van der Waals surface area contributed by atoms with Crippen LogP contribution in [0.25, 0.3) is 0 Å². The normalized spacial score (nSPS) is 8.42. The van der Waals surface area contributed by atoms with Gasteiger partial charge in [-0.05, 0) is 0 Å². The summed E-state index contributed by atoms with van der Waals surface area (Å²) in [4.78, 5) is 3.81. The smallest absolute Gasteiger partial charge is 0.137 e. The monoisotopic (exact) mass is 318 g/mol. The van der Waals surface area contributed by atoms with Crippen molar-refractivity contribution in [1.82, 2.24) is 14.8 Å². The summed E-state index contributed by atoms with van der Waals surface area (Å²) in [6.07, 6.45) is 3.23. The fraction of sp³-hybridized carbons (Fsp3) is 0.600. The molecule has 0 fully saturated rings. The zero-order valence-electron chi connectivity index (χ0n) is 6.42. The number of thioether (sulfide) groups is 1. The number of rotatable bonds is 4. The maximum absolute atomic E-state index is 5.30. The van der Waals surface area contributed by atoms with Gasteiger partial charge in [0, 0.05) is 12.3 Å². The number of nitrogens with zero attached hydrogens (tertiary/aromatic N) is 3. The number of halogens is 2. The van der Waals surface area contributed by atoms with Gasteiger partial charge in [-0.2, -0.15) is 5.10 Å². The highest BCUT2D eigenvalue weighted by Crippen LogP contribution is 2.00. The Morgan fingerprint density at radius 2 is 2.17 bits per heavy atom. The summed E-state index contributed by atoms with van der Waals surface area (Å²) in [7, 11) is 0. The van der Waals surface area contributed by atoms with Crippen molar-refractivity contribution in [2.45, 2.75) is 5.88 Å². The molecule has 72 valence electrons. The van der Waals surface area contributed by atoms with Crippen molar-refractivity contribution in [3.05, 3.63) is 12.7 Å². The van der Waals surface area contributed by atoms with Crippen LogP contribution in [-0.2, 0) is 5.88 Å².